The maximum atomic E-state index is 2.56. The summed E-state index contributed by atoms with van der Waals surface area (Å²) in [5.41, 5.74) is 18.2. The van der Waals surface area contributed by atoms with Gasteiger partial charge in [0, 0.05) is 22.2 Å². The molecule has 0 N–H and O–H groups in total. The normalized spacial score (nSPS) is 14.1. The van der Waals surface area contributed by atoms with Gasteiger partial charge in [0.25, 0.3) is 0 Å². The van der Waals surface area contributed by atoms with E-state index in [1.807, 2.05) is 0 Å². The second kappa shape index (κ2) is 12.8. The van der Waals surface area contributed by atoms with Gasteiger partial charge in [-0.1, -0.05) is 202 Å². The smallest absolute Gasteiger partial charge is 0.0714 e. The Balaban J connectivity index is 1.26. The third-order valence-corrected chi connectivity index (χ3v) is 12.7. The molecular formula is C56H41N. The van der Waals surface area contributed by atoms with Crippen molar-refractivity contribution in [1.82, 2.24) is 0 Å². The largest absolute Gasteiger partial charge is 0.309 e. The second-order valence-electron chi connectivity index (χ2n) is 16.0. The lowest BCUT2D eigenvalue weighted by Gasteiger charge is -2.36. The minimum absolute atomic E-state index is 0.192. The minimum atomic E-state index is -0.519. The number of hydrogen-bond acceptors (Lipinski definition) is 1. The molecule has 0 saturated carbocycles. The minimum Gasteiger partial charge on any atom is -0.309 e. The standard InChI is InChI=1S/C56H41N/c1-55(2)48-32-15-13-31-47(48)53-52(36-39-22-9-10-28-44(39)54(53)55)57(51-35-18-14-27-43(51)38-20-5-3-6-21-38)42-26-19-25-41(37-42)56(40-23-7-4-8-24-40)49-33-16-11-29-45(49)46-30-12-17-34-50(46)56/h3-37H,1-2H3. The molecule has 0 aliphatic heterocycles. The zero-order valence-electron chi connectivity index (χ0n) is 32.2. The van der Waals surface area contributed by atoms with Gasteiger partial charge >= 0.3 is 0 Å². The topological polar surface area (TPSA) is 3.24 Å². The Labute approximate surface area is 335 Å². The average Bonchev–Trinajstić information content (AvgIpc) is 3.71. The molecular weight excluding hydrogens is 687 g/mol. The zero-order chi connectivity index (χ0) is 38.1. The van der Waals surface area contributed by atoms with E-state index in [0.29, 0.717) is 0 Å². The van der Waals surface area contributed by atoms with Gasteiger partial charge in [-0.3, -0.25) is 0 Å². The molecule has 11 rings (SSSR count). The van der Waals surface area contributed by atoms with E-state index in [-0.39, 0.29) is 5.41 Å². The van der Waals surface area contributed by atoms with Gasteiger partial charge in [-0.15, -0.1) is 0 Å². The first-order valence-corrected chi connectivity index (χ1v) is 20.0. The first kappa shape index (κ1) is 33.4. The number of para-hydroxylation sites is 1. The number of fused-ring (bicyclic) bond motifs is 8. The van der Waals surface area contributed by atoms with E-state index < -0.39 is 5.41 Å². The maximum Gasteiger partial charge on any atom is 0.0714 e. The summed E-state index contributed by atoms with van der Waals surface area (Å²) >= 11 is 0. The van der Waals surface area contributed by atoms with Gasteiger partial charge in [-0.2, -0.15) is 0 Å². The van der Waals surface area contributed by atoms with Crippen molar-refractivity contribution < 1.29 is 0 Å². The molecule has 9 aromatic carbocycles. The number of anilines is 3. The van der Waals surface area contributed by atoms with E-state index in [1.54, 1.807) is 0 Å². The van der Waals surface area contributed by atoms with E-state index in [9.17, 15) is 0 Å². The van der Waals surface area contributed by atoms with Crippen LogP contribution < -0.4 is 4.90 Å². The zero-order valence-corrected chi connectivity index (χ0v) is 32.2. The summed E-state index contributed by atoms with van der Waals surface area (Å²) < 4.78 is 0. The molecule has 1 heteroatoms. The highest BCUT2D eigenvalue weighted by atomic mass is 15.1. The summed E-state index contributed by atoms with van der Waals surface area (Å²) in [6.07, 6.45) is 0. The van der Waals surface area contributed by atoms with Crippen LogP contribution in [0.5, 0.6) is 0 Å². The van der Waals surface area contributed by atoms with Crippen molar-refractivity contribution in [3.05, 3.63) is 246 Å². The highest BCUT2D eigenvalue weighted by molar-refractivity contribution is 6.07. The van der Waals surface area contributed by atoms with Crippen molar-refractivity contribution in [2.75, 3.05) is 4.90 Å². The van der Waals surface area contributed by atoms with Crippen LogP contribution in [0.3, 0.4) is 0 Å². The summed E-state index contributed by atoms with van der Waals surface area (Å²) in [5, 5.41) is 2.55. The van der Waals surface area contributed by atoms with Crippen LogP contribution >= 0.6 is 0 Å². The molecule has 0 atom stereocenters. The molecule has 0 heterocycles. The third-order valence-electron chi connectivity index (χ3n) is 12.7. The Kier molecular flexibility index (Phi) is 7.50. The van der Waals surface area contributed by atoms with Crippen LogP contribution in [0, 0.1) is 0 Å². The Morgan fingerprint density at radius 1 is 0.386 bits per heavy atom. The fourth-order valence-electron chi connectivity index (χ4n) is 10.3. The Morgan fingerprint density at radius 2 is 0.930 bits per heavy atom. The molecule has 0 aromatic heterocycles. The average molecular weight is 728 g/mol. The summed E-state index contributed by atoms with van der Waals surface area (Å²) in [4.78, 5) is 2.56. The summed E-state index contributed by atoms with van der Waals surface area (Å²) in [7, 11) is 0. The van der Waals surface area contributed by atoms with Crippen LogP contribution in [0.15, 0.2) is 212 Å². The highest BCUT2D eigenvalue weighted by Crippen LogP contribution is 2.59. The number of benzene rings is 9. The summed E-state index contributed by atoms with van der Waals surface area (Å²) in [6, 6.07) is 78.8. The number of hydrogen-bond donors (Lipinski definition) is 0. The molecule has 0 bridgehead atoms. The molecule has 0 saturated heterocycles. The van der Waals surface area contributed by atoms with Gasteiger partial charge in [0.2, 0.25) is 0 Å². The lowest BCUT2D eigenvalue weighted by molar-refractivity contribution is 0.666. The van der Waals surface area contributed by atoms with Crippen molar-refractivity contribution in [1.29, 1.82) is 0 Å². The van der Waals surface area contributed by atoms with Crippen molar-refractivity contribution in [2.45, 2.75) is 24.7 Å². The lowest BCUT2D eigenvalue weighted by Crippen LogP contribution is -2.28. The van der Waals surface area contributed by atoms with Gasteiger partial charge in [0.15, 0.2) is 0 Å². The van der Waals surface area contributed by atoms with Crippen LogP contribution in [-0.2, 0) is 10.8 Å². The van der Waals surface area contributed by atoms with E-state index in [0.717, 1.165) is 11.4 Å². The predicted octanol–water partition coefficient (Wildman–Crippen LogP) is 14.6. The molecule has 2 aliphatic rings. The van der Waals surface area contributed by atoms with Crippen LogP contribution in [0.4, 0.5) is 17.1 Å². The number of rotatable bonds is 6. The molecule has 270 valence electrons. The van der Waals surface area contributed by atoms with Gasteiger partial charge < -0.3 is 4.90 Å². The molecule has 0 fully saturated rings. The maximum absolute atomic E-state index is 2.56. The lowest BCUT2D eigenvalue weighted by atomic mass is 9.67. The van der Waals surface area contributed by atoms with Crippen molar-refractivity contribution in [3.63, 3.8) is 0 Å². The van der Waals surface area contributed by atoms with E-state index >= 15 is 0 Å². The second-order valence-corrected chi connectivity index (χ2v) is 16.0. The van der Waals surface area contributed by atoms with Gasteiger partial charge in [-0.05, 0) is 90.7 Å². The van der Waals surface area contributed by atoms with Crippen LogP contribution in [0.2, 0.25) is 0 Å². The number of nitrogens with zero attached hydrogens (tertiary/aromatic N) is 1. The first-order valence-electron chi connectivity index (χ1n) is 20.0. The molecule has 9 aromatic rings. The molecule has 0 spiro atoms. The molecule has 1 nitrogen and oxygen atoms in total. The van der Waals surface area contributed by atoms with E-state index in [1.165, 1.54) is 83.2 Å². The molecule has 0 amide bonds. The molecule has 2 aliphatic carbocycles. The monoisotopic (exact) mass is 727 g/mol. The summed E-state index contributed by atoms with van der Waals surface area (Å²) in [6.45, 7) is 4.80. The SMILES string of the molecule is CC1(C)c2ccccc2-c2c(N(c3cccc(C4(c5ccccc5)c5ccccc5-c5ccccc54)c3)c3ccccc3-c3ccccc3)cc3ccccc3c21. The fraction of sp³-hybridized carbons (Fsp3) is 0.0714. The molecule has 57 heavy (non-hydrogen) atoms. The van der Waals surface area contributed by atoms with Gasteiger partial charge in [-0.25, -0.2) is 0 Å². The third kappa shape index (κ3) is 4.82. The van der Waals surface area contributed by atoms with Gasteiger partial charge in [0.1, 0.15) is 0 Å². The fourth-order valence-corrected chi connectivity index (χ4v) is 10.3. The Morgan fingerprint density at radius 3 is 1.65 bits per heavy atom. The van der Waals surface area contributed by atoms with E-state index in [2.05, 4.69) is 231 Å². The van der Waals surface area contributed by atoms with Gasteiger partial charge in [0.05, 0.1) is 16.8 Å². The van der Waals surface area contributed by atoms with Crippen molar-refractivity contribution in [3.8, 4) is 33.4 Å². The first-order chi connectivity index (χ1) is 28.1. The quantitative estimate of drug-likeness (QED) is 0.165. The molecule has 0 radical (unpaired) electrons. The van der Waals surface area contributed by atoms with E-state index in [4.69, 9.17) is 0 Å². The Hall–Kier alpha value is -6.96. The predicted molar refractivity (Wildman–Crippen MR) is 239 cm³/mol. The molecule has 0 unspecified atom stereocenters. The van der Waals surface area contributed by atoms with Crippen LogP contribution in [0.1, 0.15) is 47.2 Å². The van der Waals surface area contributed by atoms with Crippen LogP contribution in [0.25, 0.3) is 44.2 Å². The van der Waals surface area contributed by atoms with Crippen LogP contribution in [-0.4, -0.2) is 0 Å². The highest BCUT2D eigenvalue weighted by Gasteiger charge is 2.46. The van der Waals surface area contributed by atoms with Crippen molar-refractivity contribution >= 4 is 27.8 Å². The Bertz CT molecular complexity index is 2950. The van der Waals surface area contributed by atoms with Crippen molar-refractivity contribution in [2.24, 2.45) is 0 Å². The summed E-state index contributed by atoms with van der Waals surface area (Å²) in [5.74, 6) is 0.